The van der Waals surface area contributed by atoms with Gasteiger partial charge in [0.25, 0.3) is 0 Å². The first-order valence-corrected chi connectivity index (χ1v) is 11.0. The van der Waals surface area contributed by atoms with Crippen LogP contribution in [0.25, 0.3) is 0 Å². The van der Waals surface area contributed by atoms with Crippen LogP contribution in [0.5, 0.6) is 0 Å². The van der Waals surface area contributed by atoms with Crippen molar-refractivity contribution < 1.29 is 13.2 Å². The minimum Gasteiger partial charge on any atom is -0.355 e. The SMILES string of the molecule is CCCS(=O)(=O)N1CCC[C@H](C(=O)NCCN2CCCC[C@@H]2C)C1. The molecule has 0 aromatic rings. The lowest BCUT2D eigenvalue weighted by Crippen LogP contribution is -2.48. The molecule has 0 unspecified atom stereocenters. The fourth-order valence-electron chi connectivity index (χ4n) is 3.75. The highest BCUT2D eigenvalue weighted by Crippen LogP contribution is 2.20. The van der Waals surface area contributed by atoms with Gasteiger partial charge in [-0.1, -0.05) is 13.3 Å². The third-order valence-electron chi connectivity index (χ3n) is 5.25. The molecule has 140 valence electrons. The topological polar surface area (TPSA) is 69.7 Å². The lowest BCUT2D eigenvalue weighted by Gasteiger charge is -2.34. The van der Waals surface area contributed by atoms with E-state index in [1.165, 1.54) is 23.6 Å². The van der Waals surface area contributed by atoms with E-state index >= 15 is 0 Å². The van der Waals surface area contributed by atoms with Crippen molar-refractivity contribution in [1.82, 2.24) is 14.5 Å². The molecule has 2 atom stereocenters. The van der Waals surface area contributed by atoms with Gasteiger partial charge in [0.1, 0.15) is 0 Å². The molecule has 1 N–H and O–H groups in total. The van der Waals surface area contributed by atoms with Crippen LogP contribution < -0.4 is 5.32 Å². The molecule has 0 aromatic carbocycles. The van der Waals surface area contributed by atoms with Crippen LogP contribution in [0.4, 0.5) is 0 Å². The molecule has 0 saturated carbocycles. The van der Waals surface area contributed by atoms with Gasteiger partial charge in [-0.2, -0.15) is 0 Å². The molecule has 0 radical (unpaired) electrons. The van der Waals surface area contributed by atoms with E-state index in [2.05, 4.69) is 17.1 Å². The highest BCUT2D eigenvalue weighted by molar-refractivity contribution is 7.89. The summed E-state index contributed by atoms with van der Waals surface area (Å²) in [5.41, 5.74) is 0. The molecule has 2 rings (SSSR count). The Morgan fingerprint density at radius 1 is 1.17 bits per heavy atom. The van der Waals surface area contributed by atoms with E-state index in [0.29, 0.717) is 32.1 Å². The smallest absolute Gasteiger partial charge is 0.224 e. The van der Waals surface area contributed by atoms with Crippen LogP contribution in [0, 0.1) is 5.92 Å². The molecule has 2 aliphatic rings. The Bertz CT molecular complexity index is 509. The van der Waals surface area contributed by atoms with E-state index < -0.39 is 10.0 Å². The van der Waals surface area contributed by atoms with E-state index in [1.54, 1.807) is 0 Å². The molecule has 0 aromatic heterocycles. The average Bonchev–Trinajstić information content (AvgIpc) is 2.56. The monoisotopic (exact) mass is 359 g/mol. The Morgan fingerprint density at radius 3 is 2.67 bits per heavy atom. The van der Waals surface area contributed by atoms with Crippen molar-refractivity contribution >= 4 is 15.9 Å². The third-order valence-corrected chi connectivity index (χ3v) is 7.29. The zero-order valence-corrected chi connectivity index (χ0v) is 16.0. The Kier molecular flexibility index (Phi) is 7.50. The number of sulfonamides is 1. The summed E-state index contributed by atoms with van der Waals surface area (Å²) in [5, 5.41) is 3.02. The van der Waals surface area contributed by atoms with E-state index in [1.807, 2.05) is 6.92 Å². The van der Waals surface area contributed by atoms with Gasteiger partial charge in [-0.05, 0) is 45.6 Å². The number of nitrogens with zero attached hydrogens (tertiary/aromatic N) is 2. The van der Waals surface area contributed by atoms with Gasteiger partial charge in [0.15, 0.2) is 0 Å². The van der Waals surface area contributed by atoms with Crippen molar-refractivity contribution in [2.75, 3.05) is 38.5 Å². The number of carbonyl (C=O) groups excluding carboxylic acids is 1. The van der Waals surface area contributed by atoms with Crippen LogP contribution in [0.2, 0.25) is 0 Å². The Labute approximate surface area is 147 Å². The molecule has 1 amide bonds. The lowest BCUT2D eigenvalue weighted by atomic mass is 9.99. The van der Waals surface area contributed by atoms with E-state index in [-0.39, 0.29) is 17.6 Å². The van der Waals surface area contributed by atoms with Crippen molar-refractivity contribution in [2.24, 2.45) is 5.92 Å². The number of hydrogen-bond acceptors (Lipinski definition) is 4. The van der Waals surface area contributed by atoms with Crippen molar-refractivity contribution in [3.05, 3.63) is 0 Å². The van der Waals surface area contributed by atoms with E-state index in [9.17, 15) is 13.2 Å². The first-order valence-electron chi connectivity index (χ1n) is 9.43. The van der Waals surface area contributed by atoms with Crippen LogP contribution in [0.1, 0.15) is 52.4 Å². The predicted molar refractivity (Wildman–Crippen MR) is 96.3 cm³/mol. The summed E-state index contributed by atoms with van der Waals surface area (Å²) >= 11 is 0. The van der Waals surface area contributed by atoms with Gasteiger partial charge in [0.2, 0.25) is 15.9 Å². The number of carbonyl (C=O) groups is 1. The minimum atomic E-state index is -3.20. The van der Waals surface area contributed by atoms with Crippen LogP contribution in [-0.4, -0.2) is 68.0 Å². The zero-order valence-electron chi connectivity index (χ0n) is 15.2. The average molecular weight is 360 g/mol. The fourth-order valence-corrected chi connectivity index (χ4v) is 5.34. The van der Waals surface area contributed by atoms with Crippen LogP contribution >= 0.6 is 0 Å². The largest absolute Gasteiger partial charge is 0.355 e. The quantitative estimate of drug-likeness (QED) is 0.746. The second-order valence-corrected chi connectivity index (χ2v) is 9.27. The number of rotatable bonds is 7. The Balaban J connectivity index is 1.77. The molecule has 6 nitrogen and oxygen atoms in total. The number of amides is 1. The molecule has 7 heteroatoms. The number of hydrogen-bond donors (Lipinski definition) is 1. The summed E-state index contributed by atoms with van der Waals surface area (Å²) in [7, 11) is -3.20. The van der Waals surface area contributed by atoms with Crippen LogP contribution in [0.3, 0.4) is 0 Å². The minimum absolute atomic E-state index is 0.0102. The first-order chi connectivity index (χ1) is 11.4. The summed E-state index contributed by atoms with van der Waals surface area (Å²) in [6.45, 7) is 7.67. The highest BCUT2D eigenvalue weighted by atomic mass is 32.2. The molecule has 0 spiro atoms. The third kappa shape index (κ3) is 5.43. The van der Waals surface area contributed by atoms with Crippen molar-refractivity contribution in [3.63, 3.8) is 0 Å². The summed E-state index contributed by atoms with van der Waals surface area (Å²) in [4.78, 5) is 14.8. The molecule has 2 aliphatic heterocycles. The summed E-state index contributed by atoms with van der Waals surface area (Å²) < 4.78 is 25.9. The predicted octanol–water partition coefficient (Wildman–Crippen LogP) is 1.43. The molecule has 0 bridgehead atoms. The molecular formula is C17H33N3O3S. The van der Waals surface area contributed by atoms with Crippen molar-refractivity contribution in [1.29, 1.82) is 0 Å². The zero-order chi connectivity index (χ0) is 17.6. The molecule has 2 heterocycles. The highest BCUT2D eigenvalue weighted by Gasteiger charge is 2.31. The normalized spacial score (nSPS) is 27.1. The summed E-state index contributed by atoms with van der Waals surface area (Å²) in [6.07, 6.45) is 5.94. The summed E-state index contributed by atoms with van der Waals surface area (Å²) in [6, 6.07) is 0.597. The van der Waals surface area contributed by atoms with Crippen LogP contribution in [-0.2, 0) is 14.8 Å². The van der Waals surface area contributed by atoms with E-state index in [4.69, 9.17) is 0 Å². The maximum Gasteiger partial charge on any atom is 0.224 e. The van der Waals surface area contributed by atoms with Gasteiger partial charge in [0.05, 0.1) is 11.7 Å². The maximum atomic E-state index is 12.4. The fraction of sp³-hybridized carbons (Fsp3) is 0.941. The number of piperidine rings is 2. The van der Waals surface area contributed by atoms with E-state index in [0.717, 1.165) is 25.9 Å². The molecule has 0 aliphatic carbocycles. The second-order valence-electron chi connectivity index (χ2n) is 7.18. The molecular weight excluding hydrogens is 326 g/mol. The maximum absolute atomic E-state index is 12.4. The lowest BCUT2D eigenvalue weighted by molar-refractivity contribution is -0.126. The number of likely N-dealkylation sites (tertiary alicyclic amines) is 1. The second kappa shape index (κ2) is 9.15. The van der Waals surface area contributed by atoms with Gasteiger partial charge >= 0.3 is 0 Å². The van der Waals surface area contributed by atoms with Gasteiger partial charge in [-0.3, -0.25) is 9.69 Å². The van der Waals surface area contributed by atoms with Gasteiger partial charge in [-0.25, -0.2) is 12.7 Å². The Hall–Kier alpha value is -0.660. The van der Waals surface area contributed by atoms with Crippen LogP contribution in [0.15, 0.2) is 0 Å². The first kappa shape index (κ1) is 19.7. The molecule has 2 saturated heterocycles. The Morgan fingerprint density at radius 2 is 1.96 bits per heavy atom. The van der Waals surface area contributed by atoms with Crippen molar-refractivity contribution in [2.45, 2.75) is 58.4 Å². The molecule has 24 heavy (non-hydrogen) atoms. The number of nitrogens with one attached hydrogen (secondary N) is 1. The van der Waals surface area contributed by atoms with Gasteiger partial charge in [-0.15, -0.1) is 0 Å². The van der Waals surface area contributed by atoms with Crippen molar-refractivity contribution in [3.8, 4) is 0 Å². The summed E-state index contributed by atoms with van der Waals surface area (Å²) in [5.74, 6) is -0.0195. The molecule has 2 fully saturated rings. The van der Waals surface area contributed by atoms with Gasteiger partial charge in [0, 0.05) is 32.2 Å². The van der Waals surface area contributed by atoms with Gasteiger partial charge < -0.3 is 5.32 Å². The standard InChI is InChI=1S/C17H33N3O3S/c1-3-13-24(22,23)20-11-6-8-16(14-20)17(21)18-9-12-19-10-5-4-7-15(19)2/h15-16H,3-14H2,1-2H3,(H,18,21)/t15-,16-/m0/s1.